The van der Waals surface area contributed by atoms with Crippen LogP contribution in [0.1, 0.15) is 22.6 Å². The summed E-state index contributed by atoms with van der Waals surface area (Å²) in [6, 6.07) is 4.80. The maximum absolute atomic E-state index is 12.3. The van der Waals surface area contributed by atoms with Crippen LogP contribution in [0, 0.1) is 20.8 Å². The Morgan fingerprint density at radius 3 is 2.60 bits per heavy atom. The number of anilines is 1. The topological polar surface area (TPSA) is 98.2 Å². The largest absolute Gasteiger partial charge is 0.399 e. The summed E-state index contributed by atoms with van der Waals surface area (Å²) in [7, 11) is -3.62. The first-order valence-corrected chi connectivity index (χ1v) is 7.57. The van der Waals surface area contributed by atoms with Crippen LogP contribution in [0.2, 0.25) is 0 Å². The number of rotatable bonds is 4. The van der Waals surface area contributed by atoms with E-state index in [2.05, 4.69) is 9.88 Å². The fraction of sp³-hybridized carbons (Fsp3) is 0.308. The van der Waals surface area contributed by atoms with Gasteiger partial charge in [-0.25, -0.2) is 13.1 Å². The second kappa shape index (κ2) is 5.26. The number of hydrogen-bond donors (Lipinski definition) is 2. The number of sulfonamides is 1. The van der Waals surface area contributed by atoms with Gasteiger partial charge in [-0.2, -0.15) is 0 Å². The van der Waals surface area contributed by atoms with E-state index in [1.54, 1.807) is 32.9 Å². The lowest BCUT2D eigenvalue weighted by Crippen LogP contribution is -2.24. The van der Waals surface area contributed by atoms with Gasteiger partial charge in [0.1, 0.15) is 5.76 Å². The SMILES string of the molecule is Cc1ccc(N)cc1S(=O)(=O)NCc1c(C)noc1C. The molecule has 0 saturated carbocycles. The van der Waals surface area contributed by atoms with Gasteiger partial charge in [0.25, 0.3) is 0 Å². The average molecular weight is 295 g/mol. The second-order valence-corrected chi connectivity index (χ2v) is 6.39. The lowest BCUT2D eigenvalue weighted by molar-refractivity contribution is 0.392. The van der Waals surface area contributed by atoms with E-state index in [1.807, 2.05) is 0 Å². The normalized spacial score (nSPS) is 11.8. The van der Waals surface area contributed by atoms with E-state index in [-0.39, 0.29) is 11.4 Å². The van der Waals surface area contributed by atoms with Crippen molar-refractivity contribution in [1.29, 1.82) is 0 Å². The Morgan fingerprint density at radius 1 is 1.30 bits per heavy atom. The van der Waals surface area contributed by atoms with E-state index < -0.39 is 10.0 Å². The van der Waals surface area contributed by atoms with Crippen molar-refractivity contribution in [2.45, 2.75) is 32.2 Å². The number of benzene rings is 1. The number of aromatic nitrogens is 1. The van der Waals surface area contributed by atoms with Gasteiger partial charge in [0, 0.05) is 17.8 Å². The van der Waals surface area contributed by atoms with E-state index in [1.165, 1.54) is 6.07 Å². The van der Waals surface area contributed by atoms with E-state index in [0.29, 0.717) is 22.7 Å². The quantitative estimate of drug-likeness (QED) is 0.836. The standard InChI is InChI=1S/C13H17N3O3S/c1-8-4-5-11(14)6-13(8)20(17,18)15-7-12-9(2)16-19-10(12)3/h4-6,15H,7,14H2,1-3H3. The minimum atomic E-state index is -3.62. The lowest BCUT2D eigenvalue weighted by Gasteiger charge is -2.10. The molecule has 0 aliphatic heterocycles. The molecule has 0 radical (unpaired) electrons. The minimum Gasteiger partial charge on any atom is -0.399 e. The summed E-state index contributed by atoms with van der Waals surface area (Å²) in [5.74, 6) is 0.606. The molecule has 1 heterocycles. The molecule has 0 amide bonds. The maximum atomic E-state index is 12.3. The van der Waals surface area contributed by atoms with Crippen molar-refractivity contribution < 1.29 is 12.9 Å². The highest BCUT2D eigenvalue weighted by Crippen LogP contribution is 2.19. The monoisotopic (exact) mass is 295 g/mol. The van der Waals surface area contributed by atoms with Gasteiger partial charge in [-0.15, -0.1) is 0 Å². The van der Waals surface area contributed by atoms with Gasteiger partial charge >= 0.3 is 0 Å². The van der Waals surface area contributed by atoms with Gasteiger partial charge in [0.2, 0.25) is 10.0 Å². The van der Waals surface area contributed by atoms with Crippen LogP contribution in [0.15, 0.2) is 27.6 Å². The van der Waals surface area contributed by atoms with E-state index in [0.717, 1.165) is 5.56 Å². The molecule has 0 unspecified atom stereocenters. The van der Waals surface area contributed by atoms with Crippen molar-refractivity contribution in [2.75, 3.05) is 5.73 Å². The predicted molar refractivity (Wildman–Crippen MR) is 75.6 cm³/mol. The summed E-state index contributed by atoms with van der Waals surface area (Å²) >= 11 is 0. The molecule has 0 atom stereocenters. The molecule has 20 heavy (non-hydrogen) atoms. The van der Waals surface area contributed by atoms with Crippen LogP contribution in [0.5, 0.6) is 0 Å². The molecule has 0 bridgehead atoms. The first-order chi connectivity index (χ1) is 9.31. The van der Waals surface area contributed by atoms with Crippen LogP contribution in [0.4, 0.5) is 5.69 Å². The number of nitrogen functional groups attached to an aromatic ring is 1. The zero-order valence-corrected chi connectivity index (χ0v) is 12.4. The smallest absolute Gasteiger partial charge is 0.241 e. The predicted octanol–water partition coefficient (Wildman–Crippen LogP) is 1.66. The van der Waals surface area contributed by atoms with Crippen molar-refractivity contribution in [1.82, 2.24) is 9.88 Å². The first-order valence-electron chi connectivity index (χ1n) is 6.09. The van der Waals surface area contributed by atoms with E-state index >= 15 is 0 Å². The molecule has 1 aromatic carbocycles. The van der Waals surface area contributed by atoms with Crippen LogP contribution in [-0.4, -0.2) is 13.6 Å². The van der Waals surface area contributed by atoms with Gasteiger partial charge in [-0.1, -0.05) is 11.2 Å². The van der Waals surface area contributed by atoms with Crippen LogP contribution in [0.3, 0.4) is 0 Å². The summed E-state index contributed by atoms with van der Waals surface area (Å²) in [5, 5.41) is 3.79. The zero-order valence-electron chi connectivity index (χ0n) is 11.6. The van der Waals surface area contributed by atoms with Gasteiger partial charge in [-0.05, 0) is 38.5 Å². The maximum Gasteiger partial charge on any atom is 0.241 e. The molecule has 6 nitrogen and oxygen atoms in total. The zero-order chi connectivity index (χ0) is 14.9. The third-order valence-corrected chi connectivity index (χ3v) is 4.67. The van der Waals surface area contributed by atoms with Crippen molar-refractivity contribution in [3.8, 4) is 0 Å². The number of aryl methyl sites for hydroxylation is 3. The fourth-order valence-electron chi connectivity index (χ4n) is 1.91. The van der Waals surface area contributed by atoms with Gasteiger partial charge < -0.3 is 10.3 Å². The number of nitrogens with one attached hydrogen (secondary N) is 1. The average Bonchev–Trinajstić information content (AvgIpc) is 2.69. The summed E-state index contributed by atoms with van der Waals surface area (Å²) < 4.78 is 32.2. The summed E-state index contributed by atoms with van der Waals surface area (Å²) in [4.78, 5) is 0.185. The lowest BCUT2D eigenvalue weighted by atomic mass is 10.2. The number of nitrogens with zero attached hydrogens (tertiary/aromatic N) is 1. The molecule has 2 rings (SSSR count). The molecular weight excluding hydrogens is 278 g/mol. The molecule has 0 aliphatic carbocycles. The Labute approximate surface area is 118 Å². The molecule has 7 heteroatoms. The van der Waals surface area contributed by atoms with E-state index in [4.69, 9.17) is 10.3 Å². The summed E-state index contributed by atoms with van der Waals surface area (Å²) in [5.41, 5.74) is 8.12. The van der Waals surface area contributed by atoms with Gasteiger partial charge in [-0.3, -0.25) is 0 Å². The highest BCUT2D eigenvalue weighted by atomic mass is 32.2. The molecule has 0 aliphatic rings. The molecule has 1 aromatic heterocycles. The Hall–Kier alpha value is -1.86. The highest BCUT2D eigenvalue weighted by Gasteiger charge is 2.19. The van der Waals surface area contributed by atoms with Crippen molar-refractivity contribution in [2.24, 2.45) is 0 Å². The molecular formula is C13H17N3O3S. The minimum absolute atomic E-state index is 0.137. The van der Waals surface area contributed by atoms with Crippen molar-refractivity contribution in [3.05, 3.63) is 40.8 Å². The third kappa shape index (κ3) is 2.83. The molecule has 0 fully saturated rings. The summed E-state index contributed by atoms with van der Waals surface area (Å²) in [6.45, 7) is 5.38. The third-order valence-electron chi connectivity index (χ3n) is 3.12. The van der Waals surface area contributed by atoms with Gasteiger partial charge in [0.15, 0.2) is 0 Å². The molecule has 0 spiro atoms. The Bertz CT molecular complexity index is 716. The number of hydrogen-bond acceptors (Lipinski definition) is 5. The molecule has 3 N–H and O–H groups in total. The fourth-order valence-corrected chi connectivity index (χ4v) is 3.18. The first kappa shape index (κ1) is 14.5. The highest BCUT2D eigenvalue weighted by molar-refractivity contribution is 7.89. The van der Waals surface area contributed by atoms with E-state index in [9.17, 15) is 8.42 Å². The van der Waals surface area contributed by atoms with Crippen molar-refractivity contribution >= 4 is 15.7 Å². The number of nitrogens with two attached hydrogens (primary N) is 1. The Morgan fingerprint density at radius 2 is 2.00 bits per heavy atom. The Kier molecular flexibility index (Phi) is 3.82. The van der Waals surface area contributed by atoms with Gasteiger partial charge in [0.05, 0.1) is 10.6 Å². The van der Waals surface area contributed by atoms with Crippen LogP contribution in [-0.2, 0) is 16.6 Å². The van der Waals surface area contributed by atoms with Crippen molar-refractivity contribution in [3.63, 3.8) is 0 Å². The molecule has 108 valence electrons. The Balaban J connectivity index is 2.26. The van der Waals surface area contributed by atoms with Crippen LogP contribution in [0.25, 0.3) is 0 Å². The summed E-state index contributed by atoms with van der Waals surface area (Å²) in [6.07, 6.45) is 0. The van der Waals surface area contributed by atoms with Crippen LogP contribution < -0.4 is 10.5 Å². The molecule has 2 aromatic rings. The van der Waals surface area contributed by atoms with Crippen LogP contribution >= 0.6 is 0 Å². The molecule has 0 saturated heterocycles. The second-order valence-electron chi connectivity index (χ2n) is 4.65.